The Morgan fingerprint density at radius 3 is 2.00 bits per heavy atom. The van der Waals surface area contributed by atoms with Crippen LogP contribution in [-0.4, -0.2) is 13.2 Å². The standard InChI is InChI=1S/C12H17F2NO/c1-7(2)12(16-3)11(15)8-4-9(13)6-10(14)5-8/h4-7,11-12H,15H2,1-3H3. The minimum Gasteiger partial charge on any atom is -0.379 e. The topological polar surface area (TPSA) is 35.2 Å². The average molecular weight is 229 g/mol. The summed E-state index contributed by atoms with van der Waals surface area (Å²) in [6.45, 7) is 3.90. The highest BCUT2D eigenvalue weighted by Crippen LogP contribution is 2.23. The lowest BCUT2D eigenvalue weighted by Crippen LogP contribution is -2.32. The lowest BCUT2D eigenvalue weighted by molar-refractivity contribution is 0.0436. The van der Waals surface area contributed by atoms with Crippen molar-refractivity contribution in [1.29, 1.82) is 0 Å². The van der Waals surface area contributed by atoms with Gasteiger partial charge in [0.2, 0.25) is 0 Å². The number of rotatable bonds is 4. The molecular weight excluding hydrogens is 212 g/mol. The molecule has 1 rings (SSSR count). The SMILES string of the molecule is COC(C(C)C)C(N)c1cc(F)cc(F)c1. The summed E-state index contributed by atoms with van der Waals surface area (Å²) >= 11 is 0. The Balaban J connectivity index is 2.98. The van der Waals surface area contributed by atoms with Gasteiger partial charge < -0.3 is 10.5 Å². The molecule has 1 aromatic rings. The zero-order chi connectivity index (χ0) is 12.3. The molecule has 0 bridgehead atoms. The van der Waals surface area contributed by atoms with Gasteiger partial charge >= 0.3 is 0 Å². The molecule has 2 N–H and O–H groups in total. The molecule has 0 aliphatic rings. The maximum atomic E-state index is 13.0. The first-order valence-corrected chi connectivity index (χ1v) is 5.20. The number of hydrogen-bond acceptors (Lipinski definition) is 2. The van der Waals surface area contributed by atoms with Crippen LogP contribution in [0.3, 0.4) is 0 Å². The minimum absolute atomic E-state index is 0.173. The Labute approximate surface area is 94.4 Å². The molecule has 0 saturated heterocycles. The molecule has 0 spiro atoms. The Kier molecular flexibility index (Phi) is 4.38. The van der Waals surface area contributed by atoms with Crippen LogP contribution in [0.5, 0.6) is 0 Å². The molecule has 0 fully saturated rings. The molecule has 2 atom stereocenters. The Morgan fingerprint density at radius 1 is 1.12 bits per heavy atom. The fourth-order valence-corrected chi connectivity index (χ4v) is 1.79. The van der Waals surface area contributed by atoms with Crippen molar-refractivity contribution in [3.63, 3.8) is 0 Å². The summed E-state index contributed by atoms with van der Waals surface area (Å²) in [5.41, 5.74) is 6.35. The van der Waals surface area contributed by atoms with Crippen molar-refractivity contribution in [2.75, 3.05) is 7.11 Å². The van der Waals surface area contributed by atoms with Gasteiger partial charge in [-0.1, -0.05) is 13.8 Å². The van der Waals surface area contributed by atoms with E-state index in [4.69, 9.17) is 10.5 Å². The number of halogens is 2. The van der Waals surface area contributed by atoms with Gasteiger partial charge in [0.1, 0.15) is 11.6 Å². The van der Waals surface area contributed by atoms with Crippen LogP contribution >= 0.6 is 0 Å². The molecule has 0 heterocycles. The second-order valence-corrected chi connectivity index (χ2v) is 4.17. The van der Waals surface area contributed by atoms with E-state index in [1.165, 1.54) is 12.1 Å². The van der Waals surface area contributed by atoms with Crippen LogP contribution < -0.4 is 5.73 Å². The van der Waals surface area contributed by atoms with Crippen LogP contribution in [-0.2, 0) is 4.74 Å². The molecule has 0 aliphatic heterocycles. The first kappa shape index (κ1) is 13.1. The lowest BCUT2D eigenvalue weighted by Gasteiger charge is -2.26. The second kappa shape index (κ2) is 5.37. The van der Waals surface area contributed by atoms with E-state index in [2.05, 4.69) is 0 Å². The highest BCUT2D eigenvalue weighted by atomic mass is 19.1. The summed E-state index contributed by atoms with van der Waals surface area (Å²) < 4.78 is 31.3. The predicted molar refractivity (Wildman–Crippen MR) is 58.9 cm³/mol. The zero-order valence-electron chi connectivity index (χ0n) is 9.71. The van der Waals surface area contributed by atoms with Crippen molar-refractivity contribution in [1.82, 2.24) is 0 Å². The van der Waals surface area contributed by atoms with Crippen LogP contribution in [0.15, 0.2) is 18.2 Å². The first-order valence-electron chi connectivity index (χ1n) is 5.20. The van der Waals surface area contributed by atoms with Gasteiger partial charge in [0.15, 0.2) is 0 Å². The van der Waals surface area contributed by atoms with Gasteiger partial charge in [-0.25, -0.2) is 8.78 Å². The minimum atomic E-state index is -0.621. The van der Waals surface area contributed by atoms with E-state index in [0.717, 1.165) is 6.07 Å². The maximum Gasteiger partial charge on any atom is 0.126 e. The van der Waals surface area contributed by atoms with Gasteiger partial charge in [-0.2, -0.15) is 0 Å². The maximum absolute atomic E-state index is 13.0. The summed E-state index contributed by atoms with van der Waals surface area (Å²) in [4.78, 5) is 0. The van der Waals surface area contributed by atoms with Crippen molar-refractivity contribution in [3.8, 4) is 0 Å². The van der Waals surface area contributed by atoms with Crippen molar-refractivity contribution >= 4 is 0 Å². The molecule has 2 unspecified atom stereocenters. The summed E-state index contributed by atoms with van der Waals surface area (Å²) in [5, 5.41) is 0. The van der Waals surface area contributed by atoms with E-state index in [1.807, 2.05) is 13.8 Å². The highest BCUT2D eigenvalue weighted by Gasteiger charge is 2.23. The Hall–Kier alpha value is -1.00. The van der Waals surface area contributed by atoms with Crippen LogP contribution in [0, 0.1) is 17.6 Å². The van der Waals surface area contributed by atoms with E-state index in [9.17, 15) is 8.78 Å². The van der Waals surface area contributed by atoms with E-state index >= 15 is 0 Å². The monoisotopic (exact) mass is 229 g/mol. The Morgan fingerprint density at radius 2 is 1.62 bits per heavy atom. The van der Waals surface area contributed by atoms with Gasteiger partial charge in [0.05, 0.1) is 12.1 Å². The van der Waals surface area contributed by atoms with Gasteiger partial charge in [-0.05, 0) is 23.6 Å². The smallest absolute Gasteiger partial charge is 0.126 e. The quantitative estimate of drug-likeness (QED) is 0.861. The molecule has 0 saturated carbocycles. The van der Waals surface area contributed by atoms with Gasteiger partial charge in [-0.15, -0.1) is 0 Å². The molecule has 0 aromatic heterocycles. The Bertz CT molecular complexity index is 335. The molecule has 0 amide bonds. The van der Waals surface area contributed by atoms with Gasteiger partial charge in [0.25, 0.3) is 0 Å². The van der Waals surface area contributed by atoms with Crippen molar-refractivity contribution in [2.24, 2.45) is 11.7 Å². The lowest BCUT2D eigenvalue weighted by atomic mass is 9.94. The normalized spacial score (nSPS) is 15.2. The molecule has 1 aromatic carbocycles. The first-order chi connectivity index (χ1) is 7.45. The molecule has 16 heavy (non-hydrogen) atoms. The van der Waals surface area contributed by atoms with Crippen molar-refractivity contribution in [2.45, 2.75) is 26.0 Å². The third-order valence-electron chi connectivity index (χ3n) is 2.55. The van der Waals surface area contributed by atoms with Crippen molar-refractivity contribution < 1.29 is 13.5 Å². The summed E-state index contributed by atoms with van der Waals surface area (Å²) in [6.07, 6.45) is -0.263. The summed E-state index contributed by atoms with van der Waals surface area (Å²) in [7, 11) is 1.54. The number of methoxy groups -OCH3 is 1. The molecular formula is C12H17F2NO. The zero-order valence-corrected chi connectivity index (χ0v) is 9.71. The molecule has 0 radical (unpaired) electrons. The van der Waals surface area contributed by atoms with E-state index in [1.54, 1.807) is 7.11 Å². The number of hydrogen-bond donors (Lipinski definition) is 1. The molecule has 0 aliphatic carbocycles. The average Bonchev–Trinajstić information content (AvgIpc) is 2.16. The fraction of sp³-hybridized carbons (Fsp3) is 0.500. The number of benzene rings is 1. The highest BCUT2D eigenvalue weighted by molar-refractivity contribution is 5.22. The molecule has 90 valence electrons. The fourth-order valence-electron chi connectivity index (χ4n) is 1.79. The summed E-state index contributed by atoms with van der Waals surface area (Å²) in [5.74, 6) is -1.07. The summed E-state index contributed by atoms with van der Waals surface area (Å²) in [6, 6.07) is 2.77. The largest absolute Gasteiger partial charge is 0.379 e. The van der Waals surface area contributed by atoms with E-state index < -0.39 is 17.7 Å². The van der Waals surface area contributed by atoms with Gasteiger partial charge in [-0.3, -0.25) is 0 Å². The third kappa shape index (κ3) is 3.00. The van der Waals surface area contributed by atoms with E-state index in [-0.39, 0.29) is 12.0 Å². The van der Waals surface area contributed by atoms with E-state index in [0.29, 0.717) is 5.56 Å². The van der Waals surface area contributed by atoms with Crippen LogP contribution in [0.1, 0.15) is 25.5 Å². The molecule has 4 heteroatoms. The van der Waals surface area contributed by atoms with Crippen LogP contribution in [0.2, 0.25) is 0 Å². The second-order valence-electron chi connectivity index (χ2n) is 4.17. The molecule has 2 nitrogen and oxygen atoms in total. The van der Waals surface area contributed by atoms with Crippen molar-refractivity contribution in [3.05, 3.63) is 35.4 Å². The third-order valence-corrected chi connectivity index (χ3v) is 2.55. The predicted octanol–water partition coefficient (Wildman–Crippen LogP) is 2.64. The van der Waals surface area contributed by atoms with Crippen LogP contribution in [0.25, 0.3) is 0 Å². The van der Waals surface area contributed by atoms with Gasteiger partial charge in [0, 0.05) is 13.2 Å². The number of nitrogens with two attached hydrogens (primary N) is 1. The van der Waals surface area contributed by atoms with Crippen LogP contribution in [0.4, 0.5) is 8.78 Å². The number of ether oxygens (including phenoxy) is 1.